The lowest BCUT2D eigenvalue weighted by atomic mass is 9.90. The van der Waals surface area contributed by atoms with E-state index in [9.17, 15) is 12.8 Å². The third kappa shape index (κ3) is 6.46. The van der Waals surface area contributed by atoms with Crippen LogP contribution in [0.2, 0.25) is 0 Å². The van der Waals surface area contributed by atoms with Gasteiger partial charge < -0.3 is 15.7 Å². The van der Waals surface area contributed by atoms with Gasteiger partial charge in [-0.15, -0.1) is 11.3 Å². The van der Waals surface area contributed by atoms with Crippen molar-refractivity contribution in [3.63, 3.8) is 0 Å². The van der Waals surface area contributed by atoms with E-state index in [1.807, 2.05) is 7.05 Å². The molecule has 0 saturated heterocycles. The molecular formula is C18H23BrFN3O4S2. The van der Waals surface area contributed by atoms with Crippen LogP contribution < -0.4 is 10.6 Å². The molecule has 3 rings (SSSR count). The molecule has 1 aliphatic rings. The maximum absolute atomic E-state index is 14.6. The van der Waals surface area contributed by atoms with Crippen molar-refractivity contribution < 1.29 is 22.7 Å². The number of carboxylic acid groups (broad SMARTS) is 1. The highest BCUT2D eigenvalue weighted by Gasteiger charge is 2.26. The highest BCUT2D eigenvalue weighted by atomic mass is 79.9. The fourth-order valence-electron chi connectivity index (χ4n) is 3.29. The number of hydrogen-bond donors (Lipinski definition) is 3. The maximum Gasteiger partial charge on any atom is 0.290 e. The van der Waals surface area contributed by atoms with Crippen LogP contribution in [0.1, 0.15) is 30.7 Å². The van der Waals surface area contributed by atoms with Gasteiger partial charge in [0.15, 0.2) is 9.84 Å². The lowest BCUT2D eigenvalue weighted by Gasteiger charge is -2.33. The van der Waals surface area contributed by atoms with Crippen LogP contribution in [0.15, 0.2) is 33.1 Å². The Kier molecular flexibility index (Phi) is 9.00. The molecule has 1 aliphatic carbocycles. The highest BCUT2D eigenvalue weighted by Crippen LogP contribution is 2.32. The van der Waals surface area contributed by atoms with Crippen molar-refractivity contribution in [1.29, 1.82) is 0 Å². The largest absolute Gasteiger partial charge is 0.483 e. The Hall–Kier alpha value is -1.56. The van der Waals surface area contributed by atoms with Gasteiger partial charge in [0.1, 0.15) is 21.5 Å². The number of nitrogens with one attached hydrogen (secondary N) is 2. The van der Waals surface area contributed by atoms with E-state index >= 15 is 0 Å². The molecular weight excluding hydrogens is 485 g/mol. The van der Waals surface area contributed by atoms with E-state index in [2.05, 4.69) is 31.5 Å². The zero-order chi connectivity index (χ0) is 21.4. The number of nitrogens with zero attached hydrogens (tertiary/aromatic N) is 1. The minimum Gasteiger partial charge on any atom is -0.483 e. The number of thiazole rings is 1. The predicted octanol–water partition coefficient (Wildman–Crippen LogP) is 3.66. The fraction of sp³-hybridized carbons (Fsp3) is 0.444. The molecule has 160 valence electrons. The molecule has 0 radical (unpaired) electrons. The minimum atomic E-state index is -3.80. The number of carbonyl (C=O) groups is 1. The lowest BCUT2D eigenvalue weighted by molar-refractivity contribution is -0.122. The summed E-state index contributed by atoms with van der Waals surface area (Å²) >= 11 is 4.63. The molecule has 7 nitrogen and oxygen atoms in total. The van der Waals surface area contributed by atoms with Gasteiger partial charge in [0.25, 0.3) is 6.47 Å². The van der Waals surface area contributed by atoms with Crippen LogP contribution in [0.3, 0.4) is 0 Å². The number of aromatic nitrogens is 1. The van der Waals surface area contributed by atoms with Gasteiger partial charge in [-0.2, -0.15) is 0 Å². The van der Waals surface area contributed by atoms with Gasteiger partial charge in [-0.1, -0.05) is 12.8 Å². The Bertz CT molecular complexity index is 910. The first-order chi connectivity index (χ1) is 13.8. The SMILES string of the molecule is CN[C@H]1CCCC[C@@H]1Nc1cc(F)c(S(=O)(=O)Cc2nccs2)cc1Br.O=CO. The highest BCUT2D eigenvalue weighted by molar-refractivity contribution is 9.10. The van der Waals surface area contributed by atoms with E-state index in [1.54, 1.807) is 5.38 Å². The van der Waals surface area contributed by atoms with E-state index < -0.39 is 15.7 Å². The topological polar surface area (TPSA) is 108 Å². The Morgan fingerprint density at radius 3 is 2.59 bits per heavy atom. The van der Waals surface area contributed by atoms with Crippen molar-refractivity contribution in [3.05, 3.63) is 39.0 Å². The van der Waals surface area contributed by atoms with Crippen LogP contribution in [-0.2, 0) is 20.4 Å². The Labute approximate surface area is 181 Å². The monoisotopic (exact) mass is 507 g/mol. The summed E-state index contributed by atoms with van der Waals surface area (Å²) in [4.78, 5) is 12.0. The molecule has 1 aromatic carbocycles. The van der Waals surface area contributed by atoms with Gasteiger partial charge in [0, 0.05) is 28.1 Å². The smallest absolute Gasteiger partial charge is 0.290 e. The molecule has 0 spiro atoms. The summed E-state index contributed by atoms with van der Waals surface area (Å²) in [5, 5.41) is 15.7. The van der Waals surface area contributed by atoms with Crippen LogP contribution in [-0.4, -0.2) is 44.1 Å². The molecule has 3 N–H and O–H groups in total. The molecule has 1 aromatic heterocycles. The van der Waals surface area contributed by atoms with Gasteiger partial charge >= 0.3 is 0 Å². The molecule has 2 aromatic rings. The molecule has 1 fully saturated rings. The van der Waals surface area contributed by atoms with Gasteiger partial charge in [-0.05, 0) is 48.0 Å². The quantitative estimate of drug-likeness (QED) is 0.511. The summed E-state index contributed by atoms with van der Waals surface area (Å²) in [5.74, 6) is -1.05. The van der Waals surface area contributed by atoms with E-state index in [1.165, 1.54) is 36.1 Å². The average Bonchev–Trinajstić information content (AvgIpc) is 3.17. The first kappa shape index (κ1) is 23.7. The zero-order valence-electron chi connectivity index (χ0n) is 15.8. The molecule has 1 saturated carbocycles. The minimum absolute atomic E-state index is 0.183. The lowest BCUT2D eigenvalue weighted by Crippen LogP contribution is -2.44. The summed E-state index contributed by atoms with van der Waals surface area (Å²) in [5.41, 5.74) is 0.572. The third-order valence-corrected chi connectivity index (χ3v) is 7.89. The maximum atomic E-state index is 14.6. The van der Waals surface area contributed by atoms with Crippen molar-refractivity contribution in [2.24, 2.45) is 0 Å². The van der Waals surface area contributed by atoms with Gasteiger partial charge in [-0.25, -0.2) is 17.8 Å². The van der Waals surface area contributed by atoms with Crippen molar-refractivity contribution in [3.8, 4) is 0 Å². The number of hydrogen-bond acceptors (Lipinski definition) is 7. The van der Waals surface area contributed by atoms with E-state index in [0.717, 1.165) is 19.3 Å². The first-order valence-corrected chi connectivity index (χ1v) is 12.3. The van der Waals surface area contributed by atoms with E-state index in [0.29, 0.717) is 21.2 Å². The normalized spacial score (nSPS) is 19.1. The number of benzene rings is 1. The van der Waals surface area contributed by atoms with Gasteiger partial charge in [-0.3, -0.25) is 4.79 Å². The second kappa shape index (κ2) is 11.0. The third-order valence-electron chi connectivity index (χ3n) is 4.63. The van der Waals surface area contributed by atoms with Crippen molar-refractivity contribution in [2.45, 2.75) is 48.4 Å². The number of halogens is 2. The summed E-state index contributed by atoms with van der Waals surface area (Å²) in [6.07, 6.45) is 5.89. The van der Waals surface area contributed by atoms with Crippen molar-refractivity contribution >= 4 is 49.3 Å². The fourth-order valence-corrected chi connectivity index (χ4v) is 6.25. The van der Waals surface area contributed by atoms with Crippen molar-refractivity contribution in [1.82, 2.24) is 10.3 Å². The van der Waals surface area contributed by atoms with Crippen LogP contribution in [0.4, 0.5) is 10.1 Å². The molecule has 11 heteroatoms. The summed E-state index contributed by atoms with van der Waals surface area (Å²) < 4.78 is 40.2. The number of anilines is 1. The molecule has 0 amide bonds. The van der Waals surface area contributed by atoms with Gasteiger partial charge in [0.2, 0.25) is 0 Å². The number of sulfone groups is 1. The molecule has 0 unspecified atom stereocenters. The standard InChI is InChI=1S/C17H21BrFN3O2S2.CH2O2/c1-20-13-4-2-3-5-14(13)22-15-9-12(19)16(8-11(15)18)26(23,24)10-17-21-6-7-25-17;2-1-3/h6-9,13-14,20,22H,2-5,10H2,1H3;1H,(H,2,3)/t13-,14-;/m0./s1. The van der Waals surface area contributed by atoms with Crippen LogP contribution in [0, 0.1) is 5.82 Å². The Morgan fingerprint density at radius 2 is 2.00 bits per heavy atom. The van der Waals surface area contributed by atoms with Crippen LogP contribution >= 0.6 is 27.3 Å². The average molecular weight is 508 g/mol. The van der Waals surface area contributed by atoms with Gasteiger partial charge in [0.05, 0.1) is 5.69 Å². The summed E-state index contributed by atoms with van der Waals surface area (Å²) in [6, 6.07) is 3.10. The second-order valence-corrected chi connectivity index (χ2v) is 10.3. The number of rotatable bonds is 6. The van der Waals surface area contributed by atoms with E-state index in [-0.39, 0.29) is 23.2 Å². The summed E-state index contributed by atoms with van der Waals surface area (Å²) in [7, 11) is -1.87. The zero-order valence-corrected chi connectivity index (χ0v) is 19.0. The molecule has 0 aliphatic heterocycles. The van der Waals surface area contributed by atoms with E-state index in [4.69, 9.17) is 9.90 Å². The predicted molar refractivity (Wildman–Crippen MR) is 115 cm³/mol. The first-order valence-electron chi connectivity index (χ1n) is 8.94. The number of likely N-dealkylation sites (N-methyl/N-ethyl adjacent to an activating group) is 1. The second-order valence-electron chi connectivity index (χ2n) is 6.48. The summed E-state index contributed by atoms with van der Waals surface area (Å²) in [6.45, 7) is -0.250. The molecule has 29 heavy (non-hydrogen) atoms. The van der Waals surface area contributed by atoms with Crippen LogP contribution in [0.25, 0.3) is 0 Å². The van der Waals surface area contributed by atoms with Crippen molar-refractivity contribution in [2.75, 3.05) is 12.4 Å². The Morgan fingerprint density at radius 1 is 1.34 bits per heavy atom. The Balaban J connectivity index is 0.000000941. The van der Waals surface area contributed by atoms with Crippen LogP contribution in [0.5, 0.6) is 0 Å². The molecule has 2 atom stereocenters. The molecule has 1 heterocycles. The molecule has 0 bridgehead atoms.